The second-order valence-corrected chi connectivity index (χ2v) is 8.16. The Hall–Kier alpha value is -3.07. The summed E-state index contributed by atoms with van der Waals surface area (Å²) < 4.78 is 27.7. The van der Waals surface area contributed by atoms with Gasteiger partial charge in [0, 0.05) is 19.0 Å². The van der Waals surface area contributed by atoms with Gasteiger partial charge < -0.3 is 32.7 Å². The molecule has 31 heavy (non-hydrogen) atoms. The highest BCUT2D eigenvalue weighted by Gasteiger charge is 2.38. The Bertz CT molecular complexity index is 944. The van der Waals surface area contributed by atoms with E-state index in [1.165, 1.54) is 18.3 Å². The van der Waals surface area contributed by atoms with Crippen LogP contribution in [0, 0.1) is 11.7 Å². The minimum absolute atomic E-state index is 0.0888. The van der Waals surface area contributed by atoms with Gasteiger partial charge in [0.1, 0.15) is 18.0 Å². The van der Waals surface area contributed by atoms with E-state index in [1.807, 2.05) is 6.08 Å². The van der Waals surface area contributed by atoms with E-state index in [2.05, 4.69) is 21.3 Å². The highest BCUT2D eigenvalue weighted by Crippen LogP contribution is 2.33. The molecule has 166 valence electrons. The zero-order valence-electron chi connectivity index (χ0n) is 17.1. The van der Waals surface area contributed by atoms with Gasteiger partial charge in [0.2, 0.25) is 5.91 Å². The molecule has 0 aromatic heterocycles. The largest absolute Gasteiger partial charge is 0.404 e. The van der Waals surface area contributed by atoms with E-state index < -0.39 is 18.0 Å². The summed E-state index contributed by atoms with van der Waals surface area (Å²) in [4.78, 5) is 12.9. The molecule has 4 atom stereocenters. The molecular weight excluding hydrogens is 402 g/mol. The highest BCUT2D eigenvalue weighted by atomic mass is 19.1. The standard InChI is InChI=1S/C22H28F2N6O/c23-16-2-1-13(7-16)21-29-18-3-4-27-20(19(18)30-21)22(31)28-11-12-5-14(8-17(24)6-12)15(9-25)10-26/h3-6,8-9,13,16,20-21,27,29-30H,1-2,7,10-11,25-26H2,(H,28,31)/b15-9+. The molecule has 1 aliphatic carbocycles. The number of carbonyl (C=O) groups excluding carboxylic acids is 1. The third-order valence-corrected chi connectivity index (χ3v) is 6.07. The van der Waals surface area contributed by atoms with E-state index in [0.717, 1.165) is 17.8 Å². The minimum Gasteiger partial charge on any atom is -0.404 e. The van der Waals surface area contributed by atoms with E-state index in [4.69, 9.17) is 11.5 Å². The number of rotatable bonds is 6. The van der Waals surface area contributed by atoms with Gasteiger partial charge in [0.05, 0.1) is 17.6 Å². The fourth-order valence-corrected chi connectivity index (χ4v) is 4.43. The van der Waals surface area contributed by atoms with Crippen molar-refractivity contribution < 1.29 is 13.6 Å². The first kappa shape index (κ1) is 21.2. The molecule has 4 rings (SSSR count). The quantitative estimate of drug-likeness (QED) is 0.402. The van der Waals surface area contributed by atoms with Crippen LogP contribution in [0.2, 0.25) is 0 Å². The lowest BCUT2D eigenvalue weighted by Crippen LogP contribution is -2.48. The Morgan fingerprint density at radius 1 is 1.26 bits per heavy atom. The molecule has 7 nitrogen and oxygen atoms in total. The maximum atomic E-state index is 14.0. The Morgan fingerprint density at radius 3 is 2.81 bits per heavy atom. The van der Waals surface area contributed by atoms with Crippen molar-refractivity contribution >= 4 is 11.5 Å². The maximum Gasteiger partial charge on any atom is 0.249 e. The fraction of sp³-hybridized carbons (Fsp3) is 0.409. The predicted molar refractivity (Wildman–Crippen MR) is 115 cm³/mol. The number of hydrogen-bond donors (Lipinski definition) is 6. The lowest BCUT2D eigenvalue weighted by molar-refractivity contribution is -0.122. The van der Waals surface area contributed by atoms with Crippen LogP contribution in [0.5, 0.6) is 0 Å². The molecule has 1 amide bonds. The molecule has 8 N–H and O–H groups in total. The number of nitrogens with one attached hydrogen (secondary N) is 4. The van der Waals surface area contributed by atoms with Crippen molar-refractivity contribution in [2.24, 2.45) is 17.4 Å². The van der Waals surface area contributed by atoms with Crippen molar-refractivity contribution in [3.8, 4) is 0 Å². The van der Waals surface area contributed by atoms with Crippen molar-refractivity contribution in [3.63, 3.8) is 0 Å². The molecule has 0 saturated heterocycles. The molecule has 4 unspecified atom stereocenters. The van der Waals surface area contributed by atoms with Crippen LogP contribution in [0.15, 0.2) is 48.1 Å². The second-order valence-electron chi connectivity index (χ2n) is 8.16. The smallest absolute Gasteiger partial charge is 0.249 e. The van der Waals surface area contributed by atoms with Crippen LogP contribution in [0.1, 0.15) is 30.4 Å². The Balaban J connectivity index is 1.41. The van der Waals surface area contributed by atoms with Gasteiger partial charge in [-0.1, -0.05) is 0 Å². The lowest BCUT2D eigenvalue weighted by Gasteiger charge is -2.24. The number of amides is 1. The highest BCUT2D eigenvalue weighted by molar-refractivity contribution is 5.86. The number of hydrogen-bond acceptors (Lipinski definition) is 6. The topological polar surface area (TPSA) is 117 Å². The van der Waals surface area contributed by atoms with Gasteiger partial charge in [-0.2, -0.15) is 0 Å². The first-order chi connectivity index (χ1) is 15.0. The molecule has 1 aromatic rings. The number of nitrogens with two attached hydrogens (primary N) is 2. The molecule has 2 heterocycles. The van der Waals surface area contributed by atoms with Gasteiger partial charge in [-0.15, -0.1) is 0 Å². The molecule has 0 bridgehead atoms. The normalized spacial score (nSPS) is 27.4. The van der Waals surface area contributed by atoms with Gasteiger partial charge in [0.15, 0.2) is 0 Å². The van der Waals surface area contributed by atoms with Crippen LogP contribution in [0.3, 0.4) is 0 Å². The molecule has 1 fully saturated rings. The molecule has 3 aliphatic rings. The van der Waals surface area contributed by atoms with Gasteiger partial charge in [0.25, 0.3) is 0 Å². The van der Waals surface area contributed by atoms with Crippen LogP contribution in [-0.2, 0) is 11.3 Å². The molecule has 2 aliphatic heterocycles. The molecule has 0 radical (unpaired) electrons. The summed E-state index contributed by atoms with van der Waals surface area (Å²) in [6.07, 6.45) is 5.99. The van der Waals surface area contributed by atoms with Crippen LogP contribution >= 0.6 is 0 Å². The fourth-order valence-electron chi connectivity index (χ4n) is 4.43. The number of allylic oxidation sites excluding steroid dienone is 1. The first-order valence-electron chi connectivity index (χ1n) is 10.5. The molecule has 1 saturated carbocycles. The zero-order chi connectivity index (χ0) is 22.0. The lowest BCUT2D eigenvalue weighted by atomic mass is 10.0. The number of dihydropyridines is 1. The van der Waals surface area contributed by atoms with Crippen molar-refractivity contribution in [1.82, 2.24) is 21.3 Å². The van der Waals surface area contributed by atoms with Crippen molar-refractivity contribution in [2.75, 3.05) is 6.54 Å². The van der Waals surface area contributed by atoms with Crippen LogP contribution in [0.25, 0.3) is 5.57 Å². The van der Waals surface area contributed by atoms with Crippen molar-refractivity contribution in [2.45, 2.75) is 44.2 Å². The summed E-state index contributed by atoms with van der Waals surface area (Å²) in [6.45, 7) is 0.338. The van der Waals surface area contributed by atoms with E-state index in [1.54, 1.807) is 12.3 Å². The summed E-state index contributed by atoms with van der Waals surface area (Å²) in [5, 5.41) is 12.7. The molecule has 9 heteroatoms. The third kappa shape index (κ3) is 4.51. The van der Waals surface area contributed by atoms with E-state index in [-0.39, 0.29) is 31.1 Å². The Kier molecular flexibility index (Phi) is 6.13. The summed E-state index contributed by atoms with van der Waals surface area (Å²) in [6, 6.07) is 3.87. The van der Waals surface area contributed by atoms with Gasteiger partial charge in [-0.3, -0.25) is 4.79 Å². The number of carbonyl (C=O) groups is 1. The molecular formula is C22H28F2N6O. The molecule has 0 spiro atoms. The van der Waals surface area contributed by atoms with Crippen molar-refractivity contribution in [3.05, 3.63) is 65.0 Å². The van der Waals surface area contributed by atoms with Gasteiger partial charge >= 0.3 is 0 Å². The zero-order valence-corrected chi connectivity index (χ0v) is 17.1. The predicted octanol–water partition coefficient (Wildman–Crippen LogP) is 1.05. The first-order valence-corrected chi connectivity index (χ1v) is 10.5. The minimum atomic E-state index is -0.760. The van der Waals surface area contributed by atoms with Gasteiger partial charge in [-0.25, -0.2) is 8.78 Å². The molecule has 1 aromatic carbocycles. The van der Waals surface area contributed by atoms with E-state index in [0.29, 0.717) is 29.5 Å². The maximum absolute atomic E-state index is 14.0. The summed E-state index contributed by atoms with van der Waals surface area (Å²) in [7, 11) is 0. The van der Waals surface area contributed by atoms with Crippen LogP contribution in [-0.4, -0.2) is 30.8 Å². The van der Waals surface area contributed by atoms with E-state index >= 15 is 0 Å². The van der Waals surface area contributed by atoms with E-state index in [9.17, 15) is 13.6 Å². The number of halogens is 2. The van der Waals surface area contributed by atoms with Crippen LogP contribution in [0.4, 0.5) is 8.78 Å². The van der Waals surface area contributed by atoms with Crippen molar-refractivity contribution in [1.29, 1.82) is 0 Å². The SMILES string of the molecule is N/C=C(\CN)c1cc(F)cc(CNC(=O)C2NC=CC3=C2NC(C2CCC(F)C2)N3)c1. The van der Waals surface area contributed by atoms with Gasteiger partial charge in [-0.05, 0) is 72.6 Å². The summed E-state index contributed by atoms with van der Waals surface area (Å²) >= 11 is 0. The average molecular weight is 431 g/mol. The Labute approximate surface area is 180 Å². The number of benzene rings is 1. The average Bonchev–Trinajstić information content (AvgIpc) is 3.38. The monoisotopic (exact) mass is 430 g/mol. The van der Waals surface area contributed by atoms with Crippen LogP contribution < -0.4 is 32.7 Å². The Morgan fingerprint density at radius 2 is 2.10 bits per heavy atom. The second kappa shape index (κ2) is 8.97. The summed E-state index contributed by atoms with van der Waals surface area (Å²) in [5.41, 5.74) is 14.6. The third-order valence-electron chi connectivity index (χ3n) is 6.07. The summed E-state index contributed by atoms with van der Waals surface area (Å²) in [5.74, 6) is -0.498. The number of alkyl halides is 1.